The van der Waals surface area contributed by atoms with E-state index in [1.807, 2.05) is 4.90 Å². The van der Waals surface area contributed by atoms with Gasteiger partial charge in [0.2, 0.25) is 5.91 Å². The Morgan fingerprint density at radius 2 is 1.89 bits per heavy atom. The molecule has 1 unspecified atom stereocenters. The second-order valence-electron chi connectivity index (χ2n) is 6.72. The summed E-state index contributed by atoms with van der Waals surface area (Å²) < 4.78 is 0. The number of nitrogens with zero attached hydrogens (tertiary/aromatic N) is 1. The van der Waals surface area contributed by atoms with Gasteiger partial charge >= 0.3 is 0 Å². The number of aliphatic hydroxyl groups is 1. The Labute approximate surface area is 111 Å². The molecule has 0 aromatic carbocycles. The van der Waals surface area contributed by atoms with Gasteiger partial charge in [-0.15, -0.1) is 0 Å². The fraction of sp³-hybridized carbons (Fsp3) is 0.933. The van der Waals surface area contributed by atoms with E-state index < -0.39 is 0 Å². The van der Waals surface area contributed by atoms with Gasteiger partial charge in [-0.05, 0) is 45.4 Å². The van der Waals surface area contributed by atoms with Crippen molar-refractivity contribution >= 4 is 5.91 Å². The van der Waals surface area contributed by atoms with Crippen molar-refractivity contribution in [1.82, 2.24) is 4.90 Å². The largest absolute Gasteiger partial charge is 0.391 e. The second-order valence-corrected chi connectivity index (χ2v) is 6.72. The van der Waals surface area contributed by atoms with E-state index in [-0.39, 0.29) is 17.6 Å². The van der Waals surface area contributed by atoms with Crippen molar-refractivity contribution in [2.24, 2.45) is 5.92 Å². The molecule has 1 N–H and O–H groups in total. The predicted octanol–water partition coefficient (Wildman–Crippen LogP) is 2.72. The predicted molar refractivity (Wildman–Crippen MR) is 72.2 cm³/mol. The highest BCUT2D eigenvalue weighted by atomic mass is 16.3. The minimum atomic E-state index is -0.326. The second kappa shape index (κ2) is 5.60. The first-order valence-corrected chi connectivity index (χ1v) is 7.47. The number of likely N-dealkylation sites (tertiary alicyclic amines) is 1. The molecule has 1 heterocycles. The summed E-state index contributed by atoms with van der Waals surface area (Å²) >= 11 is 0. The Bertz CT molecular complexity index is 295. The maximum Gasteiger partial charge on any atom is 0.223 e. The van der Waals surface area contributed by atoms with Gasteiger partial charge in [0.1, 0.15) is 0 Å². The zero-order valence-corrected chi connectivity index (χ0v) is 11.8. The van der Waals surface area contributed by atoms with Crippen LogP contribution in [-0.2, 0) is 4.79 Å². The topological polar surface area (TPSA) is 40.5 Å². The van der Waals surface area contributed by atoms with Gasteiger partial charge in [-0.1, -0.05) is 19.3 Å². The van der Waals surface area contributed by atoms with Crippen LogP contribution >= 0.6 is 0 Å². The van der Waals surface area contributed by atoms with Crippen molar-refractivity contribution in [3.8, 4) is 0 Å². The maximum atomic E-state index is 12.4. The lowest BCUT2D eigenvalue weighted by Gasteiger charge is -2.45. The van der Waals surface area contributed by atoms with Gasteiger partial charge < -0.3 is 10.0 Å². The lowest BCUT2D eigenvalue weighted by molar-refractivity contribution is -0.143. The van der Waals surface area contributed by atoms with Gasteiger partial charge in [0.05, 0.1) is 6.10 Å². The van der Waals surface area contributed by atoms with Crippen LogP contribution in [0.4, 0.5) is 0 Å². The SMILES string of the molecule is CC1(C)CCC(O)CN1C(=O)CC1CCCCC1. The van der Waals surface area contributed by atoms with Crippen molar-refractivity contribution in [2.45, 2.75) is 76.9 Å². The van der Waals surface area contributed by atoms with Gasteiger partial charge in [-0.25, -0.2) is 0 Å². The number of rotatable bonds is 2. The van der Waals surface area contributed by atoms with E-state index in [1.54, 1.807) is 0 Å². The third-order valence-electron chi connectivity index (χ3n) is 4.70. The molecule has 18 heavy (non-hydrogen) atoms. The summed E-state index contributed by atoms with van der Waals surface area (Å²) in [4.78, 5) is 14.4. The summed E-state index contributed by atoms with van der Waals surface area (Å²) in [6.45, 7) is 4.77. The molecule has 1 aliphatic heterocycles. The molecule has 3 heteroatoms. The van der Waals surface area contributed by atoms with Crippen LogP contribution in [0, 0.1) is 5.92 Å². The lowest BCUT2D eigenvalue weighted by atomic mass is 9.84. The first kappa shape index (κ1) is 13.9. The first-order chi connectivity index (χ1) is 8.49. The Morgan fingerprint density at radius 1 is 1.22 bits per heavy atom. The van der Waals surface area contributed by atoms with Crippen molar-refractivity contribution < 1.29 is 9.90 Å². The average molecular weight is 253 g/mol. The van der Waals surface area contributed by atoms with Crippen LogP contribution in [0.25, 0.3) is 0 Å². The molecule has 1 amide bonds. The standard InChI is InChI=1S/C15H27NO2/c1-15(2)9-8-13(17)11-16(15)14(18)10-12-6-4-3-5-7-12/h12-13,17H,3-11H2,1-2H3. The molecular formula is C15H27NO2. The summed E-state index contributed by atoms with van der Waals surface area (Å²) in [5.74, 6) is 0.840. The van der Waals surface area contributed by atoms with Crippen molar-refractivity contribution in [3.05, 3.63) is 0 Å². The molecule has 1 aliphatic carbocycles. The molecule has 1 saturated heterocycles. The van der Waals surface area contributed by atoms with E-state index in [1.165, 1.54) is 32.1 Å². The molecule has 0 aromatic heterocycles. The summed E-state index contributed by atoms with van der Waals surface area (Å²) in [6.07, 6.45) is 8.41. The first-order valence-electron chi connectivity index (χ1n) is 7.47. The fourth-order valence-electron chi connectivity index (χ4n) is 3.39. The van der Waals surface area contributed by atoms with Crippen LogP contribution in [0.1, 0.15) is 65.2 Å². The number of carbonyl (C=O) groups excluding carboxylic acids is 1. The van der Waals surface area contributed by atoms with Crippen LogP contribution in [0.2, 0.25) is 0 Å². The smallest absolute Gasteiger partial charge is 0.223 e. The van der Waals surface area contributed by atoms with Crippen LogP contribution in [0.15, 0.2) is 0 Å². The zero-order valence-electron chi connectivity index (χ0n) is 11.8. The number of piperidine rings is 1. The van der Waals surface area contributed by atoms with E-state index in [9.17, 15) is 9.90 Å². The highest BCUT2D eigenvalue weighted by Crippen LogP contribution is 2.31. The number of carbonyl (C=O) groups is 1. The van der Waals surface area contributed by atoms with Gasteiger partial charge in [-0.2, -0.15) is 0 Å². The molecule has 104 valence electrons. The molecule has 1 atom stereocenters. The van der Waals surface area contributed by atoms with E-state index in [4.69, 9.17) is 0 Å². The molecule has 2 fully saturated rings. The molecule has 0 bridgehead atoms. The monoisotopic (exact) mass is 253 g/mol. The van der Waals surface area contributed by atoms with Gasteiger partial charge in [-0.3, -0.25) is 4.79 Å². The van der Waals surface area contributed by atoms with Crippen LogP contribution in [-0.4, -0.2) is 34.1 Å². The Hall–Kier alpha value is -0.570. The fourth-order valence-corrected chi connectivity index (χ4v) is 3.39. The van der Waals surface area contributed by atoms with E-state index in [0.29, 0.717) is 18.9 Å². The Morgan fingerprint density at radius 3 is 2.56 bits per heavy atom. The average Bonchev–Trinajstić information content (AvgIpc) is 2.33. The third-order valence-corrected chi connectivity index (χ3v) is 4.70. The summed E-state index contributed by atoms with van der Waals surface area (Å²) in [5.41, 5.74) is -0.0784. The van der Waals surface area contributed by atoms with Gasteiger partial charge in [0.15, 0.2) is 0 Å². The van der Waals surface area contributed by atoms with Crippen LogP contribution in [0.5, 0.6) is 0 Å². The van der Waals surface area contributed by atoms with E-state index >= 15 is 0 Å². The Kier molecular flexibility index (Phi) is 4.31. The number of amides is 1. The molecule has 2 rings (SSSR count). The summed E-state index contributed by atoms with van der Waals surface area (Å²) in [5, 5.41) is 9.77. The molecule has 0 aromatic rings. The van der Waals surface area contributed by atoms with E-state index in [0.717, 1.165) is 12.8 Å². The van der Waals surface area contributed by atoms with Crippen molar-refractivity contribution in [2.75, 3.05) is 6.54 Å². The number of aliphatic hydroxyl groups excluding tert-OH is 1. The quantitative estimate of drug-likeness (QED) is 0.822. The number of β-amino-alcohol motifs (C(OH)–C–C–N with tert-alkyl or cyclic N) is 1. The molecule has 3 nitrogen and oxygen atoms in total. The van der Waals surface area contributed by atoms with E-state index in [2.05, 4.69) is 13.8 Å². The normalized spacial score (nSPS) is 29.3. The zero-order chi connectivity index (χ0) is 13.2. The summed E-state index contributed by atoms with van der Waals surface area (Å²) in [7, 11) is 0. The minimum Gasteiger partial charge on any atom is -0.391 e. The summed E-state index contributed by atoms with van der Waals surface area (Å²) in [6, 6.07) is 0. The van der Waals surface area contributed by atoms with Crippen LogP contribution < -0.4 is 0 Å². The lowest BCUT2D eigenvalue weighted by Crippen LogP contribution is -2.55. The minimum absolute atomic E-state index is 0.0784. The third kappa shape index (κ3) is 3.25. The van der Waals surface area contributed by atoms with Crippen molar-refractivity contribution in [1.29, 1.82) is 0 Å². The number of hydrogen-bond donors (Lipinski definition) is 1. The number of hydrogen-bond acceptors (Lipinski definition) is 2. The highest BCUT2D eigenvalue weighted by Gasteiger charge is 2.37. The van der Waals surface area contributed by atoms with Gasteiger partial charge in [0.25, 0.3) is 0 Å². The maximum absolute atomic E-state index is 12.4. The molecule has 0 spiro atoms. The highest BCUT2D eigenvalue weighted by molar-refractivity contribution is 5.77. The Balaban J connectivity index is 1.93. The molecule has 2 aliphatic rings. The molecule has 1 saturated carbocycles. The van der Waals surface area contributed by atoms with Crippen LogP contribution in [0.3, 0.4) is 0 Å². The molecule has 0 radical (unpaired) electrons. The van der Waals surface area contributed by atoms with Gasteiger partial charge in [0, 0.05) is 18.5 Å². The van der Waals surface area contributed by atoms with Crippen molar-refractivity contribution in [3.63, 3.8) is 0 Å². The molecular weight excluding hydrogens is 226 g/mol.